The lowest BCUT2D eigenvalue weighted by atomic mass is 10.2. The van der Waals surface area contributed by atoms with E-state index in [-0.39, 0.29) is 5.97 Å². The van der Waals surface area contributed by atoms with Crippen molar-refractivity contribution in [3.8, 4) is 0 Å². The Morgan fingerprint density at radius 2 is 2.12 bits per heavy atom. The molecule has 1 rings (SSSR count). The Bertz CT molecular complexity index is 336. The molecular weight excluding hydrogens is 222 g/mol. The van der Waals surface area contributed by atoms with Crippen molar-refractivity contribution in [3.63, 3.8) is 0 Å². The molecule has 0 aromatic carbocycles. The Morgan fingerprint density at radius 1 is 1.44 bits per heavy atom. The minimum atomic E-state index is -0.534. The number of rotatable bonds is 6. The second-order valence-electron chi connectivity index (χ2n) is 3.68. The molecule has 0 amide bonds. The van der Waals surface area contributed by atoms with Gasteiger partial charge in [-0.3, -0.25) is 4.79 Å². The maximum Gasteiger partial charge on any atom is 0.323 e. The van der Waals surface area contributed by atoms with Crippen molar-refractivity contribution in [1.29, 1.82) is 0 Å². The van der Waals surface area contributed by atoms with Gasteiger partial charge in [-0.15, -0.1) is 11.3 Å². The Balaban J connectivity index is 2.48. The SMILES string of the molecule is CCCc1ccc(CC(N)C(=O)OCC)s1. The van der Waals surface area contributed by atoms with Crippen LogP contribution in [0.25, 0.3) is 0 Å². The van der Waals surface area contributed by atoms with E-state index in [4.69, 9.17) is 10.5 Å². The highest BCUT2D eigenvalue weighted by atomic mass is 32.1. The summed E-state index contributed by atoms with van der Waals surface area (Å²) < 4.78 is 4.87. The molecule has 4 heteroatoms. The summed E-state index contributed by atoms with van der Waals surface area (Å²) in [7, 11) is 0. The Hall–Kier alpha value is -0.870. The lowest BCUT2D eigenvalue weighted by molar-refractivity contribution is -0.144. The zero-order chi connectivity index (χ0) is 12.0. The first-order chi connectivity index (χ1) is 7.67. The Labute approximate surface area is 101 Å². The van der Waals surface area contributed by atoms with Crippen molar-refractivity contribution in [3.05, 3.63) is 21.9 Å². The van der Waals surface area contributed by atoms with Crippen molar-refractivity contribution in [2.75, 3.05) is 6.61 Å². The van der Waals surface area contributed by atoms with Crippen molar-refractivity contribution < 1.29 is 9.53 Å². The molecule has 90 valence electrons. The number of nitrogens with two attached hydrogens (primary N) is 1. The second kappa shape index (κ2) is 6.66. The van der Waals surface area contributed by atoms with Crippen LogP contribution in [-0.4, -0.2) is 18.6 Å². The predicted molar refractivity (Wildman–Crippen MR) is 66.6 cm³/mol. The molecule has 0 fully saturated rings. The smallest absolute Gasteiger partial charge is 0.323 e. The summed E-state index contributed by atoms with van der Waals surface area (Å²) in [6, 6.07) is 3.63. The van der Waals surface area contributed by atoms with Crippen LogP contribution in [0.1, 0.15) is 30.0 Å². The van der Waals surface area contributed by atoms with Gasteiger partial charge in [-0.1, -0.05) is 13.3 Å². The van der Waals surface area contributed by atoms with Crippen LogP contribution in [0, 0.1) is 0 Å². The van der Waals surface area contributed by atoms with Gasteiger partial charge in [0.1, 0.15) is 6.04 Å². The van der Waals surface area contributed by atoms with Gasteiger partial charge in [0.05, 0.1) is 6.61 Å². The van der Waals surface area contributed by atoms with Crippen LogP contribution in [0.3, 0.4) is 0 Å². The van der Waals surface area contributed by atoms with E-state index in [1.807, 2.05) is 0 Å². The molecule has 0 spiro atoms. The first-order valence-electron chi connectivity index (χ1n) is 5.67. The van der Waals surface area contributed by atoms with Gasteiger partial charge in [0.25, 0.3) is 0 Å². The van der Waals surface area contributed by atoms with Crippen molar-refractivity contribution in [2.45, 2.75) is 39.2 Å². The fraction of sp³-hybridized carbons (Fsp3) is 0.583. The number of esters is 1. The average Bonchev–Trinajstić information content (AvgIpc) is 2.66. The standard InChI is InChI=1S/C12H19NO2S/c1-3-5-9-6-7-10(16-9)8-11(13)12(14)15-4-2/h6-7,11H,3-5,8,13H2,1-2H3. The lowest BCUT2D eigenvalue weighted by Gasteiger charge is -2.08. The molecule has 1 aromatic heterocycles. The second-order valence-corrected chi connectivity index (χ2v) is 4.93. The summed E-state index contributed by atoms with van der Waals surface area (Å²) in [6.07, 6.45) is 2.82. The molecule has 0 saturated carbocycles. The molecule has 1 aromatic rings. The molecular formula is C12H19NO2S. The number of thiophene rings is 1. The molecule has 0 aliphatic rings. The molecule has 1 unspecified atom stereocenters. The van der Waals surface area contributed by atoms with Crippen LogP contribution < -0.4 is 5.73 Å². The third kappa shape index (κ3) is 3.94. The van der Waals surface area contributed by atoms with Gasteiger partial charge in [0.15, 0.2) is 0 Å². The van der Waals surface area contributed by atoms with Crippen LogP contribution in [0.4, 0.5) is 0 Å². The summed E-state index contributed by atoms with van der Waals surface area (Å²) in [6.45, 7) is 4.33. The highest BCUT2D eigenvalue weighted by molar-refractivity contribution is 7.12. The summed E-state index contributed by atoms with van der Waals surface area (Å²) in [4.78, 5) is 13.8. The highest BCUT2D eigenvalue weighted by Gasteiger charge is 2.15. The van der Waals surface area contributed by atoms with Gasteiger partial charge in [-0.25, -0.2) is 0 Å². The van der Waals surface area contributed by atoms with Crippen molar-refractivity contribution in [1.82, 2.24) is 0 Å². The Morgan fingerprint density at radius 3 is 2.75 bits per heavy atom. The van der Waals surface area contributed by atoms with E-state index in [1.165, 1.54) is 4.88 Å². The van der Waals surface area contributed by atoms with E-state index < -0.39 is 6.04 Å². The van der Waals surface area contributed by atoms with Crippen LogP contribution >= 0.6 is 11.3 Å². The third-order valence-corrected chi connectivity index (χ3v) is 3.39. The molecule has 2 N–H and O–H groups in total. The number of hydrogen-bond donors (Lipinski definition) is 1. The Kier molecular flexibility index (Phi) is 5.49. The molecule has 3 nitrogen and oxygen atoms in total. The van der Waals surface area contributed by atoms with E-state index in [0.717, 1.165) is 17.7 Å². The van der Waals surface area contributed by atoms with Crippen LogP contribution in [0.2, 0.25) is 0 Å². The fourth-order valence-electron chi connectivity index (χ4n) is 1.46. The van der Waals surface area contributed by atoms with E-state index >= 15 is 0 Å². The summed E-state index contributed by atoms with van der Waals surface area (Å²) in [5, 5.41) is 0. The molecule has 0 bridgehead atoms. The van der Waals surface area contributed by atoms with E-state index in [0.29, 0.717) is 13.0 Å². The number of aryl methyl sites for hydroxylation is 1. The molecule has 1 heterocycles. The normalized spacial score (nSPS) is 12.4. The third-order valence-electron chi connectivity index (χ3n) is 2.22. The summed E-state index contributed by atoms with van der Waals surface area (Å²) in [5.74, 6) is -0.312. The summed E-state index contributed by atoms with van der Waals surface area (Å²) in [5.41, 5.74) is 5.75. The van der Waals surface area contributed by atoms with Crippen LogP contribution in [0.15, 0.2) is 12.1 Å². The first kappa shape index (κ1) is 13.2. The maximum absolute atomic E-state index is 11.3. The van der Waals surface area contributed by atoms with Gasteiger partial charge in [0, 0.05) is 16.2 Å². The van der Waals surface area contributed by atoms with Gasteiger partial charge >= 0.3 is 5.97 Å². The molecule has 0 aliphatic heterocycles. The zero-order valence-corrected chi connectivity index (χ0v) is 10.7. The number of carbonyl (C=O) groups is 1. The van der Waals surface area contributed by atoms with Crippen molar-refractivity contribution >= 4 is 17.3 Å². The molecule has 0 aliphatic carbocycles. The number of ether oxygens (including phenoxy) is 1. The first-order valence-corrected chi connectivity index (χ1v) is 6.48. The number of carbonyl (C=O) groups excluding carboxylic acids is 1. The van der Waals surface area contributed by atoms with Gasteiger partial charge in [0.2, 0.25) is 0 Å². The molecule has 16 heavy (non-hydrogen) atoms. The van der Waals surface area contributed by atoms with Crippen molar-refractivity contribution in [2.24, 2.45) is 5.73 Å². The minimum Gasteiger partial charge on any atom is -0.465 e. The molecule has 0 radical (unpaired) electrons. The maximum atomic E-state index is 11.3. The zero-order valence-electron chi connectivity index (χ0n) is 9.86. The van der Waals surface area contributed by atoms with Gasteiger partial charge in [-0.05, 0) is 25.5 Å². The van der Waals surface area contributed by atoms with Crippen LogP contribution in [0.5, 0.6) is 0 Å². The largest absolute Gasteiger partial charge is 0.465 e. The molecule has 0 saturated heterocycles. The fourth-order valence-corrected chi connectivity index (χ4v) is 2.64. The van der Waals surface area contributed by atoms with Gasteiger partial charge < -0.3 is 10.5 Å². The van der Waals surface area contributed by atoms with Gasteiger partial charge in [-0.2, -0.15) is 0 Å². The highest BCUT2D eigenvalue weighted by Crippen LogP contribution is 2.19. The van der Waals surface area contributed by atoms with E-state index in [1.54, 1.807) is 18.3 Å². The average molecular weight is 241 g/mol. The predicted octanol–water partition coefficient (Wildman–Crippen LogP) is 2.13. The number of hydrogen-bond acceptors (Lipinski definition) is 4. The molecule has 1 atom stereocenters. The van der Waals surface area contributed by atoms with E-state index in [9.17, 15) is 4.79 Å². The lowest BCUT2D eigenvalue weighted by Crippen LogP contribution is -2.34. The topological polar surface area (TPSA) is 52.3 Å². The quantitative estimate of drug-likeness (QED) is 0.776. The monoisotopic (exact) mass is 241 g/mol. The van der Waals surface area contributed by atoms with Crippen LogP contribution in [-0.2, 0) is 22.4 Å². The minimum absolute atomic E-state index is 0.312. The summed E-state index contributed by atoms with van der Waals surface area (Å²) >= 11 is 1.73. The van der Waals surface area contributed by atoms with E-state index in [2.05, 4.69) is 19.1 Å².